The zero-order valence-corrected chi connectivity index (χ0v) is 13.3. The average molecular weight is 372 g/mol. The third-order valence-electron chi connectivity index (χ3n) is 3.27. The van der Waals surface area contributed by atoms with Crippen LogP contribution in [0.4, 0.5) is 0 Å². The van der Waals surface area contributed by atoms with Crippen molar-refractivity contribution in [1.29, 1.82) is 0 Å². The van der Waals surface area contributed by atoms with E-state index < -0.39 is 0 Å². The summed E-state index contributed by atoms with van der Waals surface area (Å²) in [6.07, 6.45) is 0. The van der Waals surface area contributed by atoms with Crippen LogP contribution in [0, 0.1) is 17.4 Å². The van der Waals surface area contributed by atoms with E-state index in [0.717, 1.165) is 19.7 Å². The zero-order chi connectivity index (χ0) is 13.3. The van der Waals surface area contributed by atoms with Crippen LogP contribution in [-0.2, 0) is 0 Å². The van der Waals surface area contributed by atoms with Gasteiger partial charge in [0.15, 0.2) is 0 Å². The lowest BCUT2D eigenvalue weighted by molar-refractivity contribution is 0.853. The molecule has 0 heterocycles. The second-order valence-corrected chi connectivity index (χ2v) is 6.03. The van der Waals surface area contributed by atoms with E-state index in [1.54, 1.807) is 0 Å². The Bertz CT molecular complexity index is 579. The molecule has 2 rings (SSSR count). The van der Waals surface area contributed by atoms with E-state index in [2.05, 4.69) is 54.6 Å². The second kappa shape index (κ2) is 5.59. The molecule has 0 aliphatic heterocycles. The van der Waals surface area contributed by atoms with Crippen LogP contribution in [0.2, 0.25) is 5.02 Å². The van der Waals surface area contributed by atoms with Crippen LogP contribution in [-0.4, -0.2) is 0 Å². The summed E-state index contributed by atoms with van der Waals surface area (Å²) < 4.78 is 1.14. The van der Waals surface area contributed by atoms with Crippen LogP contribution in [0.3, 0.4) is 0 Å². The van der Waals surface area contributed by atoms with E-state index >= 15 is 0 Å². The number of hydrogen-bond acceptors (Lipinski definition) is 1. The van der Waals surface area contributed by atoms with E-state index in [1.165, 1.54) is 11.1 Å². The molecule has 94 valence electrons. The molecule has 0 aliphatic carbocycles. The van der Waals surface area contributed by atoms with Crippen molar-refractivity contribution in [2.24, 2.45) is 5.73 Å². The Morgan fingerprint density at radius 2 is 1.83 bits per heavy atom. The van der Waals surface area contributed by atoms with Gasteiger partial charge in [-0.05, 0) is 76.9 Å². The monoisotopic (exact) mass is 371 g/mol. The largest absolute Gasteiger partial charge is 0.320 e. The molecule has 3 heteroatoms. The molecule has 2 aromatic carbocycles. The second-order valence-electron chi connectivity index (χ2n) is 4.43. The summed E-state index contributed by atoms with van der Waals surface area (Å²) >= 11 is 8.36. The normalized spacial score (nSPS) is 12.5. The highest BCUT2D eigenvalue weighted by Crippen LogP contribution is 2.29. The van der Waals surface area contributed by atoms with Crippen molar-refractivity contribution in [2.45, 2.75) is 19.9 Å². The number of rotatable bonds is 2. The number of nitrogens with two attached hydrogens (primary N) is 1. The van der Waals surface area contributed by atoms with E-state index in [9.17, 15) is 0 Å². The highest BCUT2D eigenvalue weighted by atomic mass is 127. The first kappa shape index (κ1) is 13.8. The van der Waals surface area contributed by atoms with Crippen molar-refractivity contribution in [2.75, 3.05) is 0 Å². The maximum Gasteiger partial charge on any atom is 0.0565 e. The SMILES string of the molecule is Cc1cccc(C(N)c2cc(Cl)ccc2I)c1C. The number of aryl methyl sites for hydroxylation is 1. The van der Waals surface area contributed by atoms with Crippen molar-refractivity contribution in [1.82, 2.24) is 0 Å². The van der Waals surface area contributed by atoms with Crippen molar-refractivity contribution in [3.05, 3.63) is 67.2 Å². The van der Waals surface area contributed by atoms with E-state index in [1.807, 2.05) is 18.2 Å². The third kappa shape index (κ3) is 2.71. The molecule has 0 aromatic heterocycles. The molecule has 18 heavy (non-hydrogen) atoms. The Hall–Kier alpha value is -0.580. The highest BCUT2D eigenvalue weighted by Gasteiger charge is 2.15. The molecule has 0 spiro atoms. The van der Waals surface area contributed by atoms with Crippen LogP contribution in [0.15, 0.2) is 36.4 Å². The van der Waals surface area contributed by atoms with Gasteiger partial charge in [-0.2, -0.15) is 0 Å². The summed E-state index contributed by atoms with van der Waals surface area (Å²) in [5.41, 5.74) is 11.1. The lowest BCUT2D eigenvalue weighted by atomic mass is 9.93. The van der Waals surface area contributed by atoms with Gasteiger partial charge in [0.1, 0.15) is 0 Å². The van der Waals surface area contributed by atoms with Gasteiger partial charge in [0, 0.05) is 8.59 Å². The van der Waals surface area contributed by atoms with Crippen LogP contribution >= 0.6 is 34.2 Å². The minimum absolute atomic E-state index is 0.129. The molecular weight excluding hydrogens is 357 g/mol. The Morgan fingerprint density at radius 1 is 1.11 bits per heavy atom. The quantitative estimate of drug-likeness (QED) is 0.767. The fourth-order valence-corrected chi connectivity index (χ4v) is 2.88. The van der Waals surface area contributed by atoms with Crippen LogP contribution in [0.5, 0.6) is 0 Å². The molecule has 0 saturated carbocycles. The minimum Gasteiger partial charge on any atom is -0.320 e. The smallest absolute Gasteiger partial charge is 0.0565 e. The average Bonchev–Trinajstić information content (AvgIpc) is 2.35. The van der Waals surface area contributed by atoms with Gasteiger partial charge < -0.3 is 5.73 Å². The molecule has 0 radical (unpaired) electrons. The van der Waals surface area contributed by atoms with Gasteiger partial charge >= 0.3 is 0 Å². The maximum absolute atomic E-state index is 6.39. The van der Waals surface area contributed by atoms with E-state index in [4.69, 9.17) is 17.3 Å². The maximum atomic E-state index is 6.39. The van der Waals surface area contributed by atoms with Gasteiger partial charge in [-0.1, -0.05) is 29.8 Å². The van der Waals surface area contributed by atoms with Gasteiger partial charge in [0.05, 0.1) is 6.04 Å². The molecule has 0 fully saturated rings. The highest BCUT2D eigenvalue weighted by molar-refractivity contribution is 14.1. The summed E-state index contributed by atoms with van der Waals surface area (Å²) in [4.78, 5) is 0. The summed E-state index contributed by atoms with van der Waals surface area (Å²) in [5.74, 6) is 0. The third-order valence-corrected chi connectivity index (χ3v) is 4.49. The van der Waals surface area contributed by atoms with Crippen LogP contribution in [0.1, 0.15) is 28.3 Å². The Kier molecular flexibility index (Phi) is 4.30. The van der Waals surface area contributed by atoms with E-state index in [-0.39, 0.29) is 6.04 Å². The standard InChI is InChI=1S/C15H15ClIN/c1-9-4-3-5-12(10(9)2)15(18)13-8-11(16)6-7-14(13)17/h3-8,15H,18H2,1-2H3. The molecule has 1 unspecified atom stereocenters. The summed E-state index contributed by atoms with van der Waals surface area (Å²) in [6.45, 7) is 4.22. The first-order chi connectivity index (χ1) is 8.50. The minimum atomic E-state index is -0.129. The Balaban J connectivity index is 2.51. The van der Waals surface area contributed by atoms with Crippen molar-refractivity contribution >= 4 is 34.2 Å². The molecule has 0 saturated heterocycles. The topological polar surface area (TPSA) is 26.0 Å². The fraction of sp³-hybridized carbons (Fsp3) is 0.200. The number of benzene rings is 2. The molecule has 1 atom stereocenters. The van der Waals surface area contributed by atoms with Crippen LogP contribution < -0.4 is 5.73 Å². The lowest BCUT2D eigenvalue weighted by Crippen LogP contribution is -2.15. The van der Waals surface area contributed by atoms with Gasteiger partial charge in [-0.15, -0.1) is 0 Å². The first-order valence-corrected chi connectivity index (χ1v) is 7.23. The van der Waals surface area contributed by atoms with Crippen molar-refractivity contribution < 1.29 is 0 Å². The van der Waals surface area contributed by atoms with Crippen molar-refractivity contribution in [3.8, 4) is 0 Å². The van der Waals surface area contributed by atoms with Crippen LogP contribution in [0.25, 0.3) is 0 Å². The molecular formula is C15H15ClIN. The Labute approximate surface area is 126 Å². The first-order valence-electron chi connectivity index (χ1n) is 5.77. The fourth-order valence-electron chi connectivity index (χ4n) is 2.03. The van der Waals surface area contributed by atoms with Gasteiger partial charge in [-0.25, -0.2) is 0 Å². The summed E-state index contributed by atoms with van der Waals surface area (Å²) in [7, 11) is 0. The Morgan fingerprint density at radius 3 is 2.56 bits per heavy atom. The molecule has 2 aromatic rings. The molecule has 0 bridgehead atoms. The van der Waals surface area contributed by atoms with Crippen molar-refractivity contribution in [3.63, 3.8) is 0 Å². The number of halogens is 2. The summed E-state index contributed by atoms with van der Waals surface area (Å²) in [5, 5.41) is 0.728. The predicted molar refractivity (Wildman–Crippen MR) is 86.1 cm³/mol. The zero-order valence-electron chi connectivity index (χ0n) is 10.4. The van der Waals surface area contributed by atoms with Gasteiger partial charge in [0.25, 0.3) is 0 Å². The lowest BCUT2D eigenvalue weighted by Gasteiger charge is -2.18. The van der Waals surface area contributed by atoms with Gasteiger partial charge in [-0.3, -0.25) is 0 Å². The molecule has 0 aliphatic rings. The molecule has 1 nitrogen and oxygen atoms in total. The molecule has 2 N–H and O–H groups in total. The number of hydrogen-bond donors (Lipinski definition) is 1. The van der Waals surface area contributed by atoms with Gasteiger partial charge in [0.2, 0.25) is 0 Å². The molecule has 0 amide bonds. The predicted octanol–water partition coefficient (Wildman–Crippen LogP) is 4.61. The van der Waals surface area contributed by atoms with E-state index in [0.29, 0.717) is 0 Å². The summed E-state index contributed by atoms with van der Waals surface area (Å²) in [6, 6.07) is 12.0.